The van der Waals surface area contributed by atoms with Crippen molar-refractivity contribution in [2.75, 3.05) is 0 Å². The molecule has 1 spiro atoms. The molecule has 0 aromatic heterocycles. The monoisotopic (exact) mass is 148 g/mol. The number of rotatable bonds is 1. The molecule has 11 heavy (non-hydrogen) atoms. The van der Waals surface area contributed by atoms with Crippen molar-refractivity contribution in [1.82, 2.24) is 0 Å². The average Bonchev–Trinajstić information content (AvgIpc) is 2.81. The van der Waals surface area contributed by atoms with E-state index in [0.717, 1.165) is 11.3 Å². The molecule has 0 aromatic carbocycles. The third-order valence-electron chi connectivity index (χ3n) is 5.39. The van der Waals surface area contributed by atoms with E-state index in [2.05, 4.69) is 6.92 Å². The van der Waals surface area contributed by atoms with Gasteiger partial charge in [0.25, 0.3) is 0 Å². The summed E-state index contributed by atoms with van der Waals surface area (Å²) in [7, 11) is 0. The van der Waals surface area contributed by atoms with Gasteiger partial charge in [0, 0.05) is 0 Å². The predicted molar refractivity (Wildman–Crippen MR) is 44.0 cm³/mol. The fourth-order valence-corrected chi connectivity index (χ4v) is 4.28. The highest BCUT2D eigenvalue weighted by atomic mass is 14.8. The van der Waals surface area contributed by atoms with E-state index >= 15 is 0 Å². The molecule has 4 saturated carbocycles. The maximum absolute atomic E-state index is 2.51. The molecule has 0 heteroatoms. The van der Waals surface area contributed by atoms with Gasteiger partial charge in [-0.25, -0.2) is 0 Å². The molecule has 4 fully saturated rings. The maximum Gasteiger partial charge on any atom is -0.0235 e. The second kappa shape index (κ2) is 1.30. The van der Waals surface area contributed by atoms with Gasteiger partial charge in [0.2, 0.25) is 0 Å². The highest BCUT2D eigenvalue weighted by molar-refractivity contribution is 5.23. The zero-order valence-corrected chi connectivity index (χ0v) is 7.22. The van der Waals surface area contributed by atoms with Gasteiger partial charge in [0.05, 0.1) is 0 Å². The van der Waals surface area contributed by atoms with Crippen molar-refractivity contribution in [3.63, 3.8) is 0 Å². The Hall–Kier alpha value is 0. The third kappa shape index (κ3) is 0.467. The SMILES string of the molecule is CC1C(C2CC3CC32)C12CC2. The van der Waals surface area contributed by atoms with Crippen LogP contribution in [-0.2, 0) is 0 Å². The van der Waals surface area contributed by atoms with E-state index in [1.807, 2.05) is 0 Å². The largest absolute Gasteiger partial charge is 0.0617 e. The molecule has 0 nitrogen and oxygen atoms in total. The Labute approximate surface area is 68.4 Å². The van der Waals surface area contributed by atoms with Gasteiger partial charge >= 0.3 is 0 Å². The van der Waals surface area contributed by atoms with Crippen molar-refractivity contribution in [3.05, 3.63) is 0 Å². The molecular weight excluding hydrogens is 132 g/mol. The first-order chi connectivity index (χ1) is 5.33. The van der Waals surface area contributed by atoms with Gasteiger partial charge < -0.3 is 0 Å². The number of hydrogen-bond donors (Lipinski definition) is 0. The molecule has 0 radical (unpaired) electrons. The van der Waals surface area contributed by atoms with Crippen LogP contribution in [0.1, 0.15) is 32.6 Å². The molecule has 4 aliphatic rings. The van der Waals surface area contributed by atoms with Crippen LogP contribution in [0.3, 0.4) is 0 Å². The Morgan fingerprint density at radius 2 is 1.82 bits per heavy atom. The van der Waals surface area contributed by atoms with Crippen molar-refractivity contribution in [3.8, 4) is 0 Å². The first kappa shape index (κ1) is 5.61. The standard InChI is InChI=1S/C11H16/c1-6-10(11(6)2-3-11)9-5-7-4-8(7)9/h6-10H,2-5H2,1H3. The quantitative estimate of drug-likeness (QED) is 0.536. The van der Waals surface area contributed by atoms with Gasteiger partial charge in [-0.2, -0.15) is 0 Å². The average molecular weight is 148 g/mol. The summed E-state index contributed by atoms with van der Waals surface area (Å²) in [6.45, 7) is 2.51. The molecule has 5 atom stereocenters. The van der Waals surface area contributed by atoms with E-state index in [0.29, 0.717) is 0 Å². The summed E-state index contributed by atoms with van der Waals surface area (Å²) in [4.78, 5) is 0. The molecule has 0 heterocycles. The Morgan fingerprint density at radius 3 is 2.18 bits per heavy atom. The molecule has 0 bridgehead atoms. The van der Waals surface area contributed by atoms with Crippen LogP contribution in [0, 0.1) is 35.0 Å². The van der Waals surface area contributed by atoms with Crippen LogP contribution >= 0.6 is 0 Å². The molecule has 0 aliphatic heterocycles. The fourth-order valence-electron chi connectivity index (χ4n) is 4.28. The summed E-state index contributed by atoms with van der Waals surface area (Å²) in [5, 5.41) is 0. The molecule has 0 aromatic rings. The van der Waals surface area contributed by atoms with Crippen molar-refractivity contribution < 1.29 is 0 Å². The zero-order valence-electron chi connectivity index (χ0n) is 7.22. The van der Waals surface area contributed by atoms with Gasteiger partial charge in [-0.15, -0.1) is 0 Å². The highest BCUT2D eigenvalue weighted by Gasteiger charge is 2.75. The minimum atomic E-state index is 0.957. The lowest BCUT2D eigenvalue weighted by Crippen LogP contribution is -2.19. The highest BCUT2D eigenvalue weighted by Crippen LogP contribution is 2.82. The second-order valence-corrected chi connectivity index (χ2v) is 5.61. The van der Waals surface area contributed by atoms with Crippen LogP contribution in [0.15, 0.2) is 0 Å². The van der Waals surface area contributed by atoms with Crippen LogP contribution in [0.25, 0.3) is 0 Å². The van der Waals surface area contributed by atoms with E-state index < -0.39 is 0 Å². The number of hydrogen-bond acceptors (Lipinski definition) is 0. The van der Waals surface area contributed by atoms with Crippen LogP contribution in [-0.4, -0.2) is 0 Å². The normalized spacial score (nSPS) is 66.8. The Balaban J connectivity index is 1.59. The van der Waals surface area contributed by atoms with Gasteiger partial charge in [0.15, 0.2) is 0 Å². The summed E-state index contributed by atoms with van der Waals surface area (Å²) >= 11 is 0. The molecule has 0 amide bonds. The summed E-state index contributed by atoms with van der Waals surface area (Å²) < 4.78 is 0. The third-order valence-corrected chi connectivity index (χ3v) is 5.39. The molecule has 5 unspecified atom stereocenters. The lowest BCUT2D eigenvalue weighted by Gasteiger charge is -2.25. The lowest BCUT2D eigenvalue weighted by molar-refractivity contribution is 0.233. The van der Waals surface area contributed by atoms with E-state index in [1.165, 1.54) is 23.7 Å². The first-order valence-corrected chi connectivity index (χ1v) is 5.33. The summed E-state index contributed by atoms with van der Waals surface area (Å²) in [6, 6.07) is 0. The van der Waals surface area contributed by atoms with Gasteiger partial charge in [-0.1, -0.05) is 6.92 Å². The predicted octanol–water partition coefficient (Wildman–Crippen LogP) is 2.69. The topological polar surface area (TPSA) is 0 Å². The van der Waals surface area contributed by atoms with Crippen LogP contribution in [0.5, 0.6) is 0 Å². The number of fused-ring (bicyclic) bond motifs is 1. The van der Waals surface area contributed by atoms with Crippen LogP contribution < -0.4 is 0 Å². The molecule has 0 saturated heterocycles. The Kier molecular flexibility index (Phi) is 0.661. The van der Waals surface area contributed by atoms with Crippen LogP contribution in [0.2, 0.25) is 0 Å². The molecule has 4 rings (SSSR count). The van der Waals surface area contributed by atoms with Crippen molar-refractivity contribution in [2.24, 2.45) is 35.0 Å². The van der Waals surface area contributed by atoms with Crippen molar-refractivity contribution in [1.29, 1.82) is 0 Å². The molecule has 0 N–H and O–H groups in total. The Morgan fingerprint density at radius 1 is 1.09 bits per heavy atom. The van der Waals surface area contributed by atoms with Crippen molar-refractivity contribution in [2.45, 2.75) is 32.6 Å². The lowest BCUT2D eigenvalue weighted by atomic mass is 9.80. The van der Waals surface area contributed by atoms with E-state index in [1.54, 1.807) is 25.7 Å². The minimum Gasteiger partial charge on any atom is -0.0617 e. The second-order valence-electron chi connectivity index (χ2n) is 5.61. The zero-order chi connectivity index (χ0) is 7.22. The summed E-state index contributed by atoms with van der Waals surface area (Å²) in [5.41, 5.74) is 0.957. The summed E-state index contributed by atoms with van der Waals surface area (Å²) in [6.07, 6.45) is 6.42. The molecule has 4 aliphatic carbocycles. The molecular formula is C11H16. The smallest absolute Gasteiger partial charge is 0.0235 e. The fraction of sp³-hybridized carbons (Fsp3) is 1.00. The van der Waals surface area contributed by atoms with Gasteiger partial charge in [-0.3, -0.25) is 0 Å². The van der Waals surface area contributed by atoms with Gasteiger partial charge in [-0.05, 0) is 60.7 Å². The minimum absolute atomic E-state index is 0.957. The van der Waals surface area contributed by atoms with Crippen molar-refractivity contribution >= 4 is 0 Å². The maximum atomic E-state index is 2.51. The Bertz CT molecular complexity index is 226. The van der Waals surface area contributed by atoms with Gasteiger partial charge in [0.1, 0.15) is 0 Å². The van der Waals surface area contributed by atoms with Crippen LogP contribution in [0.4, 0.5) is 0 Å². The first-order valence-electron chi connectivity index (χ1n) is 5.33. The van der Waals surface area contributed by atoms with E-state index in [9.17, 15) is 0 Å². The molecule has 60 valence electrons. The van der Waals surface area contributed by atoms with E-state index in [4.69, 9.17) is 0 Å². The summed E-state index contributed by atoms with van der Waals surface area (Å²) in [5.74, 6) is 6.03. The van der Waals surface area contributed by atoms with E-state index in [-0.39, 0.29) is 0 Å².